The molecule has 0 saturated carbocycles. The monoisotopic (exact) mass is 357 g/mol. The van der Waals surface area contributed by atoms with E-state index in [1.165, 1.54) is 0 Å². The van der Waals surface area contributed by atoms with Crippen molar-refractivity contribution in [1.82, 2.24) is 21.3 Å². The van der Waals surface area contributed by atoms with Gasteiger partial charge in [0.1, 0.15) is 12.1 Å². The van der Waals surface area contributed by atoms with Gasteiger partial charge in [0.05, 0.1) is 5.54 Å². The Morgan fingerprint density at radius 1 is 1.00 bits per heavy atom. The summed E-state index contributed by atoms with van der Waals surface area (Å²) < 4.78 is 5.27. The molecule has 8 nitrogen and oxygen atoms in total. The van der Waals surface area contributed by atoms with E-state index in [0.29, 0.717) is 25.6 Å². The molecule has 0 bridgehead atoms. The highest BCUT2D eigenvalue weighted by molar-refractivity contribution is 5.85. The standard InChI is InChI=1S/C17H35N5O3/c1-8-10-19-13(23)11-20-14(18-9-2)21-12-17(6,7)22-15(24)25-16(3,4)5/h8-12H2,1-7H3,(H,19,23)(H,22,24)(H2,18,20,21). The molecule has 0 heterocycles. The quantitative estimate of drug-likeness (QED) is 0.388. The number of nitrogens with zero attached hydrogens (tertiary/aromatic N) is 1. The van der Waals surface area contributed by atoms with Gasteiger partial charge in [0.2, 0.25) is 5.91 Å². The zero-order valence-corrected chi connectivity index (χ0v) is 16.7. The minimum Gasteiger partial charge on any atom is -0.444 e. The number of hydrogen-bond donors (Lipinski definition) is 4. The van der Waals surface area contributed by atoms with Gasteiger partial charge < -0.3 is 26.0 Å². The van der Waals surface area contributed by atoms with E-state index < -0.39 is 17.2 Å². The Morgan fingerprint density at radius 3 is 2.16 bits per heavy atom. The lowest BCUT2D eigenvalue weighted by Crippen LogP contribution is -2.54. The Balaban J connectivity index is 4.56. The summed E-state index contributed by atoms with van der Waals surface area (Å²) in [6, 6.07) is 0. The molecule has 0 aromatic heterocycles. The second kappa shape index (κ2) is 10.8. The molecular weight excluding hydrogens is 322 g/mol. The molecule has 4 N–H and O–H groups in total. The summed E-state index contributed by atoms with van der Waals surface area (Å²) in [5.41, 5.74) is -1.10. The number of hydrogen-bond acceptors (Lipinski definition) is 4. The number of rotatable bonds is 8. The fourth-order valence-electron chi connectivity index (χ4n) is 1.74. The van der Waals surface area contributed by atoms with Crippen LogP contribution in [-0.2, 0) is 9.53 Å². The molecular formula is C17H35N5O3. The number of ether oxygens (including phenoxy) is 1. The van der Waals surface area contributed by atoms with Crippen LogP contribution in [0.5, 0.6) is 0 Å². The molecule has 0 saturated heterocycles. The molecule has 0 atom stereocenters. The smallest absolute Gasteiger partial charge is 0.408 e. The molecule has 0 aliphatic rings. The summed E-state index contributed by atoms with van der Waals surface area (Å²) in [6.07, 6.45) is 0.415. The van der Waals surface area contributed by atoms with Crippen LogP contribution >= 0.6 is 0 Å². The highest BCUT2D eigenvalue weighted by Gasteiger charge is 2.24. The molecule has 0 aromatic carbocycles. The van der Waals surface area contributed by atoms with Crippen LogP contribution in [-0.4, -0.2) is 55.3 Å². The van der Waals surface area contributed by atoms with Crippen molar-refractivity contribution in [3.05, 3.63) is 0 Å². The number of carbonyl (C=O) groups is 2. The number of amides is 2. The molecule has 25 heavy (non-hydrogen) atoms. The van der Waals surface area contributed by atoms with Crippen molar-refractivity contribution in [2.24, 2.45) is 4.99 Å². The minimum atomic E-state index is -0.553. The van der Waals surface area contributed by atoms with Gasteiger partial charge in [-0.3, -0.25) is 4.79 Å². The summed E-state index contributed by atoms with van der Waals surface area (Å²) in [5, 5.41) is 11.8. The van der Waals surface area contributed by atoms with Crippen LogP contribution in [0.25, 0.3) is 0 Å². The van der Waals surface area contributed by atoms with Gasteiger partial charge in [0.15, 0.2) is 5.96 Å². The average molecular weight is 357 g/mol. The van der Waals surface area contributed by atoms with Gasteiger partial charge in [-0.15, -0.1) is 0 Å². The van der Waals surface area contributed by atoms with Crippen LogP contribution in [0.3, 0.4) is 0 Å². The van der Waals surface area contributed by atoms with E-state index in [-0.39, 0.29) is 12.5 Å². The molecule has 146 valence electrons. The zero-order valence-electron chi connectivity index (χ0n) is 16.7. The van der Waals surface area contributed by atoms with Crippen molar-refractivity contribution in [3.63, 3.8) is 0 Å². The van der Waals surface area contributed by atoms with E-state index >= 15 is 0 Å². The molecule has 0 aliphatic heterocycles. The van der Waals surface area contributed by atoms with Crippen LogP contribution < -0.4 is 21.3 Å². The molecule has 0 rings (SSSR count). The molecule has 0 unspecified atom stereocenters. The SMILES string of the molecule is CCCNC(=O)CN=C(NCC)NCC(C)(C)NC(=O)OC(C)(C)C. The Kier molecular flexibility index (Phi) is 9.93. The lowest BCUT2D eigenvalue weighted by atomic mass is 10.1. The zero-order chi connectivity index (χ0) is 19.5. The van der Waals surface area contributed by atoms with Crippen LogP contribution in [0, 0.1) is 0 Å². The summed E-state index contributed by atoms with van der Waals surface area (Å²) in [6.45, 7) is 14.9. The van der Waals surface area contributed by atoms with Gasteiger partial charge >= 0.3 is 6.09 Å². The van der Waals surface area contributed by atoms with E-state index in [1.807, 2.05) is 48.5 Å². The van der Waals surface area contributed by atoms with Crippen molar-refractivity contribution < 1.29 is 14.3 Å². The third-order valence-corrected chi connectivity index (χ3v) is 2.83. The number of aliphatic imine (C=N–C) groups is 1. The Morgan fingerprint density at radius 2 is 1.64 bits per heavy atom. The first-order chi connectivity index (χ1) is 11.5. The Labute approximate surface area is 151 Å². The summed E-state index contributed by atoms with van der Waals surface area (Å²) in [4.78, 5) is 27.8. The third kappa shape index (κ3) is 13.0. The Hall–Kier alpha value is -1.99. The number of alkyl carbamates (subject to hydrolysis) is 1. The van der Waals surface area contributed by atoms with E-state index in [1.54, 1.807) is 0 Å². The topological polar surface area (TPSA) is 104 Å². The van der Waals surface area contributed by atoms with Crippen molar-refractivity contribution in [2.75, 3.05) is 26.2 Å². The van der Waals surface area contributed by atoms with E-state index in [9.17, 15) is 9.59 Å². The number of carbonyl (C=O) groups excluding carboxylic acids is 2. The number of guanidine groups is 1. The fourth-order valence-corrected chi connectivity index (χ4v) is 1.74. The minimum absolute atomic E-state index is 0.0508. The molecule has 8 heteroatoms. The summed E-state index contributed by atoms with van der Waals surface area (Å²) >= 11 is 0. The maximum absolute atomic E-state index is 11.9. The van der Waals surface area contributed by atoms with Crippen molar-refractivity contribution >= 4 is 18.0 Å². The lowest BCUT2D eigenvalue weighted by Gasteiger charge is -2.29. The third-order valence-electron chi connectivity index (χ3n) is 2.83. The van der Waals surface area contributed by atoms with Gasteiger partial charge in [0.25, 0.3) is 0 Å². The average Bonchev–Trinajstić information content (AvgIpc) is 2.45. The first-order valence-corrected chi connectivity index (χ1v) is 8.79. The van der Waals surface area contributed by atoms with Gasteiger partial charge in [-0.2, -0.15) is 0 Å². The van der Waals surface area contributed by atoms with Gasteiger partial charge in [-0.25, -0.2) is 9.79 Å². The van der Waals surface area contributed by atoms with Crippen LogP contribution in [0.1, 0.15) is 54.9 Å². The van der Waals surface area contributed by atoms with Gasteiger partial charge in [-0.1, -0.05) is 6.92 Å². The highest BCUT2D eigenvalue weighted by Crippen LogP contribution is 2.09. The second-order valence-electron chi connectivity index (χ2n) is 7.41. The molecule has 0 radical (unpaired) electrons. The predicted octanol–water partition coefficient (Wildman–Crippen LogP) is 1.37. The van der Waals surface area contributed by atoms with Crippen LogP contribution in [0.2, 0.25) is 0 Å². The fraction of sp³-hybridized carbons (Fsp3) is 0.824. The van der Waals surface area contributed by atoms with E-state index in [2.05, 4.69) is 26.3 Å². The van der Waals surface area contributed by atoms with E-state index in [4.69, 9.17) is 4.74 Å². The maximum atomic E-state index is 11.9. The number of nitrogens with one attached hydrogen (secondary N) is 4. The van der Waals surface area contributed by atoms with Crippen molar-refractivity contribution in [1.29, 1.82) is 0 Å². The highest BCUT2D eigenvalue weighted by atomic mass is 16.6. The van der Waals surface area contributed by atoms with Crippen molar-refractivity contribution in [3.8, 4) is 0 Å². The van der Waals surface area contributed by atoms with E-state index in [0.717, 1.165) is 6.42 Å². The van der Waals surface area contributed by atoms with Crippen LogP contribution in [0.4, 0.5) is 4.79 Å². The molecule has 2 amide bonds. The normalized spacial score (nSPS) is 12.4. The molecule has 0 aliphatic carbocycles. The summed E-state index contributed by atoms with van der Waals surface area (Å²) in [5.74, 6) is 0.401. The maximum Gasteiger partial charge on any atom is 0.408 e. The van der Waals surface area contributed by atoms with Gasteiger partial charge in [-0.05, 0) is 48.0 Å². The largest absolute Gasteiger partial charge is 0.444 e. The second-order valence-corrected chi connectivity index (χ2v) is 7.41. The first-order valence-electron chi connectivity index (χ1n) is 8.79. The molecule has 0 spiro atoms. The first kappa shape index (κ1) is 23.0. The van der Waals surface area contributed by atoms with Gasteiger partial charge in [0, 0.05) is 19.6 Å². The summed E-state index contributed by atoms with van der Waals surface area (Å²) in [7, 11) is 0. The predicted molar refractivity (Wildman–Crippen MR) is 101 cm³/mol. The molecule has 0 fully saturated rings. The Bertz CT molecular complexity index is 456. The van der Waals surface area contributed by atoms with Crippen molar-refractivity contribution in [2.45, 2.75) is 66.0 Å². The molecule has 0 aromatic rings. The van der Waals surface area contributed by atoms with Crippen LogP contribution in [0.15, 0.2) is 4.99 Å². The lowest BCUT2D eigenvalue weighted by molar-refractivity contribution is -0.119.